The molecule has 0 bridgehead atoms. The second-order valence-corrected chi connectivity index (χ2v) is 8.06. The van der Waals surface area contributed by atoms with Crippen LogP contribution >= 0.6 is 0 Å². The molecule has 1 aliphatic heterocycles. The SMILES string of the molecule is NCCCCC(NC(=O)C1CCCN1)C(=O)NC(CCC(=O)O)C(=O)NC(CC(N)=O)C(=O)O. The summed E-state index contributed by atoms with van der Waals surface area (Å²) < 4.78 is 0. The van der Waals surface area contributed by atoms with Crippen molar-refractivity contribution in [2.24, 2.45) is 11.5 Å². The maximum atomic E-state index is 12.9. The Morgan fingerprint density at radius 3 is 2.03 bits per heavy atom. The van der Waals surface area contributed by atoms with Crippen molar-refractivity contribution in [1.29, 1.82) is 0 Å². The van der Waals surface area contributed by atoms with Gasteiger partial charge in [0.05, 0.1) is 12.5 Å². The Balaban J connectivity index is 2.95. The van der Waals surface area contributed by atoms with E-state index in [4.69, 9.17) is 16.6 Å². The lowest BCUT2D eigenvalue weighted by atomic mass is 10.0. The molecule has 1 aliphatic rings. The number of aliphatic carboxylic acids is 2. The second kappa shape index (κ2) is 14.8. The van der Waals surface area contributed by atoms with Crippen LogP contribution in [0.5, 0.6) is 0 Å². The number of primary amides is 1. The molecule has 0 aromatic heterocycles. The van der Waals surface area contributed by atoms with E-state index in [2.05, 4.69) is 21.3 Å². The highest BCUT2D eigenvalue weighted by Gasteiger charge is 2.32. The number of nitrogens with two attached hydrogens (primary N) is 2. The van der Waals surface area contributed by atoms with Gasteiger partial charge in [-0.05, 0) is 51.6 Å². The molecule has 14 nitrogen and oxygen atoms in total. The molecule has 0 aromatic rings. The summed E-state index contributed by atoms with van der Waals surface area (Å²) in [5, 5.41) is 28.4. The van der Waals surface area contributed by atoms with Gasteiger partial charge in [-0.2, -0.15) is 0 Å². The highest BCUT2D eigenvalue weighted by Crippen LogP contribution is 2.09. The summed E-state index contributed by atoms with van der Waals surface area (Å²) in [5.41, 5.74) is 10.5. The number of carboxylic acid groups (broad SMARTS) is 2. The zero-order valence-corrected chi connectivity index (χ0v) is 18.9. The number of carboxylic acids is 2. The van der Waals surface area contributed by atoms with E-state index in [1.165, 1.54) is 0 Å². The summed E-state index contributed by atoms with van der Waals surface area (Å²) in [7, 11) is 0. The quantitative estimate of drug-likeness (QED) is 0.104. The van der Waals surface area contributed by atoms with Gasteiger partial charge in [0, 0.05) is 6.42 Å². The molecule has 0 aliphatic carbocycles. The number of rotatable bonds is 16. The molecule has 4 unspecified atom stereocenters. The number of carbonyl (C=O) groups is 6. The van der Waals surface area contributed by atoms with Gasteiger partial charge in [-0.15, -0.1) is 0 Å². The molecule has 0 spiro atoms. The third kappa shape index (κ3) is 10.6. The van der Waals surface area contributed by atoms with E-state index in [1.807, 2.05) is 0 Å². The van der Waals surface area contributed by atoms with Gasteiger partial charge in [0.1, 0.15) is 18.1 Å². The van der Waals surface area contributed by atoms with Crippen LogP contribution in [0.2, 0.25) is 0 Å². The minimum atomic E-state index is -1.65. The molecule has 14 heteroatoms. The lowest BCUT2D eigenvalue weighted by Gasteiger charge is -2.25. The maximum Gasteiger partial charge on any atom is 0.326 e. The average molecular weight is 487 g/mol. The summed E-state index contributed by atoms with van der Waals surface area (Å²) >= 11 is 0. The van der Waals surface area contributed by atoms with Crippen LogP contribution in [0.15, 0.2) is 0 Å². The van der Waals surface area contributed by atoms with Crippen molar-refractivity contribution < 1.29 is 39.0 Å². The van der Waals surface area contributed by atoms with Gasteiger partial charge in [-0.3, -0.25) is 24.0 Å². The minimum absolute atomic E-state index is 0.230. The Bertz CT molecular complexity index is 755. The van der Waals surface area contributed by atoms with Crippen molar-refractivity contribution in [3.05, 3.63) is 0 Å². The van der Waals surface area contributed by atoms with Crippen molar-refractivity contribution in [3.63, 3.8) is 0 Å². The highest BCUT2D eigenvalue weighted by molar-refractivity contribution is 5.95. The molecule has 192 valence electrons. The van der Waals surface area contributed by atoms with Crippen molar-refractivity contribution >= 4 is 35.6 Å². The molecular formula is C20H34N6O8. The van der Waals surface area contributed by atoms with Crippen molar-refractivity contribution in [3.8, 4) is 0 Å². The smallest absolute Gasteiger partial charge is 0.326 e. The molecule has 1 fully saturated rings. The predicted molar refractivity (Wildman–Crippen MR) is 118 cm³/mol. The van der Waals surface area contributed by atoms with Crippen LogP contribution in [0, 0.1) is 0 Å². The third-order valence-electron chi connectivity index (χ3n) is 5.26. The monoisotopic (exact) mass is 486 g/mol. The van der Waals surface area contributed by atoms with Crippen LogP contribution in [-0.2, 0) is 28.8 Å². The molecule has 4 atom stereocenters. The Morgan fingerprint density at radius 2 is 1.53 bits per heavy atom. The predicted octanol–water partition coefficient (Wildman–Crippen LogP) is -2.85. The fraction of sp³-hybridized carbons (Fsp3) is 0.700. The zero-order chi connectivity index (χ0) is 25.7. The number of carbonyl (C=O) groups excluding carboxylic acids is 4. The lowest BCUT2D eigenvalue weighted by Crippen LogP contribution is -2.57. The first-order valence-corrected chi connectivity index (χ1v) is 11.1. The highest BCUT2D eigenvalue weighted by atomic mass is 16.4. The Kier molecular flexibility index (Phi) is 12.5. The van der Waals surface area contributed by atoms with E-state index in [0.717, 1.165) is 6.42 Å². The summed E-state index contributed by atoms with van der Waals surface area (Å²) in [6.07, 6.45) is 1.24. The van der Waals surface area contributed by atoms with Crippen molar-refractivity contribution in [2.75, 3.05) is 13.1 Å². The Morgan fingerprint density at radius 1 is 0.912 bits per heavy atom. The van der Waals surface area contributed by atoms with Crippen LogP contribution in [-0.4, -0.2) is 83.0 Å². The van der Waals surface area contributed by atoms with E-state index in [1.54, 1.807) is 0 Å². The van der Waals surface area contributed by atoms with Crippen LogP contribution in [0.1, 0.15) is 51.4 Å². The topological polar surface area (TPSA) is 243 Å². The van der Waals surface area contributed by atoms with E-state index in [-0.39, 0.29) is 18.7 Å². The molecule has 0 saturated carbocycles. The van der Waals surface area contributed by atoms with Gasteiger partial charge in [0.25, 0.3) is 0 Å². The summed E-state index contributed by atoms with van der Waals surface area (Å²) in [5.74, 6) is -5.82. The molecular weight excluding hydrogens is 452 g/mol. The van der Waals surface area contributed by atoms with E-state index >= 15 is 0 Å². The van der Waals surface area contributed by atoms with Crippen LogP contribution in [0.25, 0.3) is 0 Å². The first kappa shape index (κ1) is 28.8. The molecule has 34 heavy (non-hydrogen) atoms. The summed E-state index contributed by atoms with van der Waals surface area (Å²) in [4.78, 5) is 71.5. The zero-order valence-electron chi connectivity index (χ0n) is 18.9. The average Bonchev–Trinajstić information content (AvgIpc) is 3.29. The van der Waals surface area contributed by atoms with Crippen LogP contribution in [0.4, 0.5) is 0 Å². The molecule has 0 aromatic carbocycles. The van der Waals surface area contributed by atoms with E-state index in [9.17, 15) is 33.9 Å². The van der Waals surface area contributed by atoms with Crippen molar-refractivity contribution in [2.45, 2.75) is 75.5 Å². The van der Waals surface area contributed by atoms with Gasteiger partial charge in [0.15, 0.2) is 0 Å². The minimum Gasteiger partial charge on any atom is -0.481 e. The molecule has 10 N–H and O–H groups in total. The maximum absolute atomic E-state index is 12.9. The number of unbranched alkanes of at least 4 members (excludes halogenated alkanes) is 1. The third-order valence-corrected chi connectivity index (χ3v) is 5.26. The fourth-order valence-electron chi connectivity index (χ4n) is 3.42. The van der Waals surface area contributed by atoms with E-state index in [0.29, 0.717) is 32.4 Å². The largest absolute Gasteiger partial charge is 0.481 e. The number of nitrogens with one attached hydrogen (secondary N) is 4. The van der Waals surface area contributed by atoms with Gasteiger partial charge in [-0.1, -0.05) is 0 Å². The summed E-state index contributed by atoms with van der Waals surface area (Å²) in [6.45, 7) is 1.06. The molecule has 1 heterocycles. The van der Waals surface area contributed by atoms with Gasteiger partial charge in [0.2, 0.25) is 23.6 Å². The fourth-order valence-corrected chi connectivity index (χ4v) is 3.42. The number of hydrogen-bond acceptors (Lipinski definition) is 8. The molecule has 0 radical (unpaired) electrons. The van der Waals surface area contributed by atoms with Crippen LogP contribution < -0.4 is 32.7 Å². The summed E-state index contributed by atoms with van der Waals surface area (Å²) in [6, 6.07) is -4.52. The molecule has 1 rings (SSSR count). The molecule has 1 saturated heterocycles. The second-order valence-electron chi connectivity index (χ2n) is 8.06. The molecule has 4 amide bonds. The van der Waals surface area contributed by atoms with Crippen molar-refractivity contribution in [1.82, 2.24) is 21.3 Å². The number of amides is 4. The van der Waals surface area contributed by atoms with Gasteiger partial charge < -0.3 is 42.9 Å². The Labute approximate surface area is 196 Å². The normalized spacial score (nSPS) is 17.7. The first-order valence-electron chi connectivity index (χ1n) is 11.1. The van der Waals surface area contributed by atoms with E-state index < -0.39 is 66.7 Å². The van der Waals surface area contributed by atoms with Crippen LogP contribution in [0.3, 0.4) is 0 Å². The first-order chi connectivity index (χ1) is 16.0. The van der Waals surface area contributed by atoms with Gasteiger partial charge >= 0.3 is 11.9 Å². The van der Waals surface area contributed by atoms with Gasteiger partial charge in [-0.25, -0.2) is 4.79 Å². The number of hydrogen-bond donors (Lipinski definition) is 8. The Hall–Kier alpha value is -3.26. The standard InChI is InChI=1S/C20H34N6O8/c21-8-2-1-4-12(24-17(30)11-5-3-9-23-11)18(31)25-13(6-7-16(28)29)19(32)26-14(20(33)34)10-15(22)27/h11-14,23H,1-10,21H2,(H2,22,27)(H,24,30)(H,25,31)(H,26,32)(H,28,29)(H,33,34). The lowest BCUT2D eigenvalue weighted by molar-refractivity contribution is -0.144.